The lowest BCUT2D eigenvalue weighted by molar-refractivity contribution is -0.149. The van der Waals surface area contributed by atoms with Crippen LogP contribution in [0.2, 0.25) is 0 Å². The molecule has 0 bridgehead atoms. The van der Waals surface area contributed by atoms with Gasteiger partial charge in [0.1, 0.15) is 11.8 Å². The fourth-order valence-electron chi connectivity index (χ4n) is 2.13. The number of carboxylic acids is 1. The Morgan fingerprint density at radius 1 is 1.26 bits per heavy atom. The number of nitrogens with one attached hydrogen (secondary N) is 1. The van der Waals surface area contributed by atoms with E-state index in [2.05, 4.69) is 5.32 Å². The normalized spacial score (nSPS) is 11.6. The zero-order valence-electron chi connectivity index (χ0n) is 13.3. The lowest BCUT2D eigenvalue weighted by atomic mass is 10.1. The number of carboxylic acid groups (broad SMARTS) is 1. The molecule has 126 valence electrons. The van der Waals surface area contributed by atoms with Crippen molar-refractivity contribution in [2.75, 3.05) is 13.1 Å². The van der Waals surface area contributed by atoms with Crippen LogP contribution in [0.15, 0.2) is 24.3 Å². The number of aliphatic carboxylic acids is 1. The van der Waals surface area contributed by atoms with E-state index in [0.29, 0.717) is 12.0 Å². The van der Waals surface area contributed by atoms with E-state index in [4.69, 9.17) is 5.11 Å². The molecular weight excluding hydrogens is 300 g/mol. The Morgan fingerprint density at radius 3 is 2.48 bits per heavy atom. The minimum atomic E-state index is -1.11. The van der Waals surface area contributed by atoms with Crippen molar-refractivity contribution >= 4 is 17.8 Å². The number of phenolic OH excluding ortho intramolecular Hbond substituents is 1. The molecule has 23 heavy (non-hydrogen) atoms. The van der Waals surface area contributed by atoms with E-state index in [0.717, 1.165) is 0 Å². The Morgan fingerprint density at radius 2 is 1.91 bits per heavy atom. The van der Waals surface area contributed by atoms with Gasteiger partial charge in [-0.05, 0) is 25.0 Å². The molecule has 7 nitrogen and oxygen atoms in total. The van der Waals surface area contributed by atoms with Gasteiger partial charge >= 0.3 is 5.97 Å². The maximum Gasteiger partial charge on any atom is 0.326 e. The van der Waals surface area contributed by atoms with Crippen molar-refractivity contribution in [1.82, 2.24) is 10.2 Å². The van der Waals surface area contributed by atoms with Crippen LogP contribution in [0.3, 0.4) is 0 Å². The highest BCUT2D eigenvalue weighted by Gasteiger charge is 2.25. The van der Waals surface area contributed by atoms with Crippen LogP contribution in [0, 0.1) is 0 Å². The molecule has 1 rings (SSSR count). The molecule has 3 N–H and O–H groups in total. The highest BCUT2D eigenvalue weighted by molar-refractivity contribution is 5.83. The SMILES string of the molecule is CC(=O)NCCN(C(=O)CCc1ccccc1O)C(C)C(=O)O. The van der Waals surface area contributed by atoms with Gasteiger partial charge in [0.05, 0.1) is 0 Å². The van der Waals surface area contributed by atoms with Gasteiger partial charge in [0.15, 0.2) is 0 Å². The predicted octanol–water partition coefficient (Wildman–Crippen LogP) is 0.763. The van der Waals surface area contributed by atoms with Crippen LogP contribution in [0.5, 0.6) is 5.75 Å². The Bertz CT molecular complexity index is 573. The fraction of sp³-hybridized carbons (Fsp3) is 0.438. The predicted molar refractivity (Wildman–Crippen MR) is 83.9 cm³/mol. The minimum Gasteiger partial charge on any atom is -0.508 e. The summed E-state index contributed by atoms with van der Waals surface area (Å²) in [6.07, 6.45) is 0.393. The average Bonchev–Trinajstić information content (AvgIpc) is 2.49. The first-order valence-electron chi connectivity index (χ1n) is 7.36. The zero-order chi connectivity index (χ0) is 17.4. The molecule has 0 aliphatic rings. The monoisotopic (exact) mass is 322 g/mol. The number of carbonyl (C=O) groups excluding carboxylic acids is 2. The molecule has 0 aliphatic carbocycles. The van der Waals surface area contributed by atoms with Crippen LogP contribution < -0.4 is 5.32 Å². The van der Waals surface area contributed by atoms with Gasteiger partial charge in [-0.3, -0.25) is 9.59 Å². The highest BCUT2D eigenvalue weighted by Crippen LogP contribution is 2.18. The third-order valence-electron chi connectivity index (χ3n) is 3.47. The molecule has 1 atom stereocenters. The van der Waals surface area contributed by atoms with Crippen LogP contribution in [0.1, 0.15) is 25.8 Å². The average molecular weight is 322 g/mol. The van der Waals surface area contributed by atoms with E-state index in [1.807, 2.05) is 0 Å². The second kappa shape index (κ2) is 8.77. The number of phenols is 1. The summed E-state index contributed by atoms with van der Waals surface area (Å²) < 4.78 is 0. The molecule has 1 unspecified atom stereocenters. The highest BCUT2D eigenvalue weighted by atomic mass is 16.4. The first kappa shape index (κ1) is 18.5. The topological polar surface area (TPSA) is 107 Å². The minimum absolute atomic E-state index is 0.0786. The number of carbonyl (C=O) groups is 3. The summed E-state index contributed by atoms with van der Waals surface area (Å²) in [5.74, 6) is -1.58. The van der Waals surface area contributed by atoms with E-state index in [1.54, 1.807) is 18.2 Å². The van der Waals surface area contributed by atoms with Crippen molar-refractivity contribution in [3.63, 3.8) is 0 Å². The van der Waals surface area contributed by atoms with E-state index in [9.17, 15) is 19.5 Å². The smallest absolute Gasteiger partial charge is 0.326 e. The molecule has 0 radical (unpaired) electrons. The molecule has 1 aromatic carbocycles. The zero-order valence-corrected chi connectivity index (χ0v) is 13.3. The number of rotatable bonds is 8. The van der Waals surface area contributed by atoms with Crippen LogP contribution in [0.25, 0.3) is 0 Å². The Kier molecular flexibility index (Phi) is 7.05. The van der Waals surface area contributed by atoms with Crippen molar-refractivity contribution in [1.29, 1.82) is 0 Å². The van der Waals surface area contributed by atoms with E-state index < -0.39 is 12.0 Å². The van der Waals surface area contributed by atoms with Gasteiger partial charge in [0.25, 0.3) is 0 Å². The number of hydrogen-bond donors (Lipinski definition) is 3. The number of hydrogen-bond acceptors (Lipinski definition) is 4. The summed E-state index contributed by atoms with van der Waals surface area (Å²) in [7, 11) is 0. The molecule has 0 aromatic heterocycles. The van der Waals surface area contributed by atoms with Crippen LogP contribution in [-0.4, -0.2) is 52.0 Å². The lowest BCUT2D eigenvalue weighted by Crippen LogP contribution is -2.46. The second-order valence-corrected chi connectivity index (χ2v) is 5.21. The molecule has 1 aromatic rings. The van der Waals surface area contributed by atoms with E-state index >= 15 is 0 Å². The summed E-state index contributed by atoms with van der Waals surface area (Å²) in [6.45, 7) is 3.08. The van der Waals surface area contributed by atoms with Crippen LogP contribution in [0.4, 0.5) is 0 Å². The number of aromatic hydroxyl groups is 1. The molecule has 0 saturated carbocycles. The first-order valence-corrected chi connectivity index (χ1v) is 7.36. The largest absolute Gasteiger partial charge is 0.508 e. The lowest BCUT2D eigenvalue weighted by Gasteiger charge is -2.26. The van der Waals surface area contributed by atoms with E-state index in [1.165, 1.54) is 24.8 Å². The number of amides is 2. The second-order valence-electron chi connectivity index (χ2n) is 5.21. The summed E-state index contributed by atoms with van der Waals surface area (Å²) >= 11 is 0. The van der Waals surface area contributed by atoms with Crippen molar-refractivity contribution in [3.8, 4) is 5.75 Å². The van der Waals surface area contributed by atoms with Crippen molar-refractivity contribution in [2.24, 2.45) is 0 Å². The van der Waals surface area contributed by atoms with Gasteiger partial charge in [-0.1, -0.05) is 18.2 Å². The Balaban J connectivity index is 2.68. The van der Waals surface area contributed by atoms with Crippen LogP contribution in [-0.2, 0) is 20.8 Å². The molecule has 0 spiro atoms. The van der Waals surface area contributed by atoms with Gasteiger partial charge < -0.3 is 20.4 Å². The maximum atomic E-state index is 12.3. The fourth-order valence-corrected chi connectivity index (χ4v) is 2.13. The molecule has 0 saturated heterocycles. The molecule has 0 aliphatic heterocycles. The van der Waals surface area contributed by atoms with Crippen molar-refractivity contribution < 1.29 is 24.6 Å². The van der Waals surface area contributed by atoms with Gasteiger partial charge in [0, 0.05) is 26.4 Å². The molecule has 7 heteroatoms. The third-order valence-corrected chi connectivity index (χ3v) is 3.47. The third kappa shape index (κ3) is 5.98. The molecule has 2 amide bonds. The van der Waals surface area contributed by atoms with E-state index in [-0.39, 0.29) is 37.1 Å². The first-order chi connectivity index (χ1) is 10.8. The van der Waals surface area contributed by atoms with Crippen molar-refractivity contribution in [2.45, 2.75) is 32.7 Å². The van der Waals surface area contributed by atoms with Crippen LogP contribution >= 0.6 is 0 Å². The quantitative estimate of drug-likeness (QED) is 0.655. The van der Waals surface area contributed by atoms with Gasteiger partial charge in [-0.25, -0.2) is 4.79 Å². The number of aryl methyl sites for hydroxylation is 1. The maximum absolute atomic E-state index is 12.3. The number of benzene rings is 1. The molecule has 0 heterocycles. The number of para-hydroxylation sites is 1. The number of nitrogens with zero attached hydrogens (tertiary/aromatic N) is 1. The summed E-state index contributed by atoms with van der Waals surface area (Å²) in [5.41, 5.74) is 0.630. The van der Waals surface area contributed by atoms with Gasteiger partial charge in [0.2, 0.25) is 11.8 Å². The van der Waals surface area contributed by atoms with Gasteiger partial charge in [-0.2, -0.15) is 0 Å². The summed E-state index contributed by atoms with van der Waals surface area (Å²) in [5, 5.41) is 21.4. The molecule has 0 fully saturated rings. The Labute approximate surface area is 134 Å². The summed E-state index contributed by atoms with van der Waals surface area (Å²) in [6, 6.07) is 5.71. The van der Waals surface area contributed by atoms with Gasteiger partial charge in [-0.15, -0.1) is 0 Å². The van der Waals surface area contributed by atoms with Crippen molar-refractivity contribution in [3.05, 3.63) is 29.8 Å². The standard InChI is InChI=1S/C16H22N2O5/c1-11(16(22)23)18(10-9-17-12(2)19)15(21)8-7-13-5-3-4-6-14(13)20/h3-6,11,20H,7-10H2,1-2H3,(H,17,19)(H,22,23). The Hall–Kier alpha value is -2.57. The summed E-state index contributed by atoms with van der Waals surface area (Å²) in [4.78, 5) is 35.6. The molecular formula is C16H22N2O5.